The van der Waals surface area contributed by atoms with E-state index < -0.39 is 29.9 Å². The molecule has 1 aliphatic heterocycles. The Bertz CT molecular complexity index is 875. The van der Waals surface area contributed by atoms with Gasteiger partial charge in [-0.3, -0.25) is 19.3 Å². The number of nitrogens with zero attached hydrogens (tertiary/aromatic N) is 1. The highest BCUT2D eigenvalue weighted by Crippen LogP contribution is 2.39. The van der Waals surface area contributed by atoms with E-state index in [4.69, 9.17) is 26.8 Å². The van der Waals surface area contributed by atoms with E-state index in [0.29, 0.717) is 5.56 Å². The van der Waals surface area contributed by atoms with Crippen LogP contribution in [0, 0.1) is 0 Å². The number of benzene rings is 1. The average Bonchev–Trinajstić information content (AvgIpc) is 2.95. The lowest BCUT2D eigenvalue weighted by atomic mass is 10.1. The van der Waals surface area contributed by atoms with Gasteiger partial charge < -0.3 is 25.0 Å². The fraction of sp³-hybridized carbons (Fsp3) is 0.333. The van der Waals surface area contributed by atoms with Gasteiger partial charge in [0.05, 0.1) is 19.1 Å². The number of nitrogens with one attached hydrogen (secondary N) is 1. The Kier molecular flexibility index (Phi) is 7.09. The number of thiocarbonyl (C=S) groups is 1. The summed E-state index contributed by atoms with van der Waals surface area (Å²) in [7, 11) is 2.77. The topological polar surface area (TPSA) is 125 Å². The minimum Gasteiger partial charge on any atom is -0.502 e. The van der Waals surface area contributed by atoms with E-state index >= 15 is 0 Å². The van der Waals surface area contributed by atoms with Crippen LogP contribution in [0.4, 0.5) is 0 Å². The summed E-state index contributed by atoms with van der Waals surface area (Å²) in [5, 5.41) is 21.2. The maximum absolute atomic E-state index is 12.8. The van der Waals surface area contributed by atoms with Gasteiger partial charge in [0, 0.05) is 0 Å². The average molecular weight is 440 g/mol. The molecule has 2 atom stereocenters. The molecule has 1 fully saturated rings. The number of carboxylic acid groups (broad SMARTS) is 1. The fourth-order valence-corrected chi connectivity index (χ4v) is 3.89. The lowest BCUT2D eigenvalue weighted by Crippen LogP contribution is -2.50. The van der Waals surface area contributed by atoms with Crippen molar-refractivity contribution < 1.29 is 34.1 Å². The number of ether oxygens (including phenoxy) is 2. The number of amides is 2. The molecule has 29 heavy (non-hydrogen) atoms. The van der Waals surface area contributed by atoms with Crippen LogP contribution < -0.4 is 14.8 Å². The molecule has 2 amide bonds. The standard InChI is InChI=1S/C18H20N2O7S2/c1-8(17(24)25)19-15(22)9(2)20-16(23)13(29-18(20)28)7-10-5-11(26-3)14(21)12(6-10)27-4/h5-9,21H,1-4H3,(H,19,22)(H,24,25)/b13-7-. The Morgan fingerprint density at radius 1 is 1.24 bits per heavy atom. The molecule has 2 unspecified atom stereocenters. The molecule has 156 valence electrons. The number of thioether (sulfide) groups is 1. The molecule has 1 heterocycles. The summed E-state index contributed by atoms with van der Waals surface area (Å²) < 4.78 is 10.4. The predicted molar refractivity (Wildman–Crippen MR) is 111 cm³/mol. The molecule has 1 aliphatic rings. The lowest BCUT2D eigenvalue weighted by molar-refractivity contribution is -0.142. The number of aliphatic carboxylic acids is 1. The van der Waals surface area contributed by atoms with Crippen LogP contribution in [0.25, 0.3) is 6.08 Å². The van der Waals surface area contributed by atoms with E-state index in [2.05, 4.69) is 5.32 Å². The Labute approximate surface area is 176 Å². The molecular weight excluding hydrogens is 420 g/mol. The van der Waals surface area contributed by atoms with Gasteiger partial charge in [-0.25, -0.2) is 0 Å². The van der Waals surface area contributed by atoms with Crippen molar-refractivity contribution in [2.45, 2.75) is 25.9 Å². The number of carboxylic acids is 1. The summed E-state index contributed by atoms with van der Waals surface area (Å²) in [6.07, 6.45) is 1.54. The normalized spacial score (nSPS) is 17.2. The highest BCUT2D eigenvalue weighted by atomic mass is 32.2. The molecule has 1 aromatic carbocycles. The second-order valence-corrected chi connectivity index (χ2v) is 7.75. The van der Waals surface area contributed by atoms with Crippen molar-refractivity contribution in [3.8, 4) is 17.2 Å². The number of hydrogen-bond acceptors (Lipinski definition) is 8. The zero-order valence-electron chi connectivity index (χ0n) is 16.1. The van der Waals surface area contributed by atoms with Gasteiger partial charge in [-0.1, -0.05) is 24.0 Å². The summed E-state index contributed by atoms with van der Waals surface area (Å²) in [6, 6.07) is 0.958. The van der Waals surface area contributed by atoms with E-state index in [-0.39, 0.29) is 26.5 Å². The Balaban J connectivity index is 2.28. The molecular formula is C18H20N2O7S2. The Morgan fingerprint density at radius 3 is 2.28 bits per heavy atom. The predicted octanol–water partition coefficient (Wildman–Crippen LogP) is 1.59. The largest absolute Gasteiger partial charge is 0.502 e. The molecule has 0 aliphatic carbocycles. The number of carbonyl (C=O) groups excluding carboxylic acids is 2. The minimum atomic E-state index is -1.19. The van der Waals surface area contributed by atoms with Crippen LogP contribution in [0.15, 0.2) is 17.0 Å². The highest BCUT2D eigenvalue weighted by Gasteiger charge is 2.38. The van der Waals surface area contributed by atoms with Gasteiger partial charge in [0.2, 0.25) is 11.7 Å². The molecule has 1 saturated heterocycles. The van der Waals surface area contributed by atoms with Crippen molar-refractivity contribution in [1.82, 2.24) is 10.2 Å². The third-order valence-electron chi connectivity index (χ3n) is 4.12. The third kappa shape index (κ3) is 4.80. The summed E-state index contributed by atoms with van der Waals surface area (Å²) in [5.74, 6) is -2.14. The summed E-state index contributed by atoms with van der Waals surface area (Å²) in [6.45, 7) is 2.78. The van der Waals surface area contributed by atoms with Crippen LogP contribution in [0.5, 0.6) is 17.2 Å². The van der Waals surface area contributed by atoms with Crippen molar-refractivity contribution >= 4 is 52.2 Å². The van der Waals surface area contributed by atoms with E-state index in [1.807, 2.05) is 0 Å². The number of phenolic OH excluding ortho intramolecular Hbond substituents is 1. The first kappa shape index (κ1) is 22.5. The van der Waals surface area contributed by atoms with Crippen LogP contribution >= 0.6 is 24.0 Å². The number of hydrogen-bond donors (Lipinski definition) is 3. The summed E-state index contributed by atoms with van der Waals surface area (Å²) in [5.41, 5.74) is 0.522. The summed E-state index contributed by atoms with van der Waals surface area (Å²) >= 11 is 6.24. The maximum atomic E-state index is 12.8. The number of carbonyl (C=O) groups is 3. The van der Waals surface area contributed by atoms with E-state index in [0.717, 1.165) is 16.7 Å². The number of rotatable bonds is 7. The van der Waals surface area contributed by atoms with Crippen LogP contribution in [-0.2, 0) is 14.4 Å². The van der Waals surface area contributed by atoms with Gasteiger partial charge >= 0.3 is 5.97 Å². The monoisotopic (exact) mass is 440 g/mol. The fourth-order valence-electron chi connectivity index (χ4n) is 2.48. The SMILES string of the molecule is COc1cc(/C=C2\SC(=S)N(C(C)C(=O)NC(C)C(=O)O)C2=O)cc(OC)c1O. The molecule has 2 rings (SSSR count). The van der Waals surface area contributed by atoms with Gasteiger partial charge in [-0.15, -0.1) is 0 Å². The van der Waals surface area contributed by atoms with Crippen molar-refractivity contribution in [2.24, 2.45) is 0 Å². The van der Waals surface area contributed by atoms with Gasteiger partial charge in [-0.2, -0.15) is 0 Å². The second kappa shape index (κ2) is 9.14. The Morgan fingerprint density at radius 2 is 1.79 bits per heavy atom. The van der Waals surface area contributed by atoms with Crippen LogP contribution in [0.1, 0.15) is 19.4 Å². The molecule has 9 nitrogen and oxygen atoms in total. The van der Waals surface area contributed by atoms with Crippen molar-refractivity contribution in [3.63, 3.8) is 0 Å². The lowest BCUT2D eigenvalue weighted by Gasteiger charge is -2.23. The molecule has 1 aromatic rings. The first-order valence-electron chi connectivity index (χ1n) is 8.35. The maximum Gasteiger partial charge on any atom is 0.325 e. The zero-order valence-corrected chi connectivity index (χ0v) is 17.7. The molecule has 0 spiro atoms. The molecule has 0 radical (unpaired) electrons. The zero-order chi connectivity index (χ0) is 21.9. The molecule has 0 aromatic heterocycles. The summed E-state index contributed by atoms with van der Waals surface area (Å²) in [4.78, 5) is 37.4. The van der Waals surface area contributed by atoms with Gasteiger partial charge in [0.1, 0.15) is 16.4 Å². The van der Waals surface area contributed by atoms with E-state index in [1.54, 1.807) is 0 Å². The molecule has 0 saturated carbocycles. The van der Waals surface area contributed by atoms with Gasteiger partial charge in [0.15, 0.2) is 11.5 Å². The smallest absolute Gasteiger partial charge is 0.325 e. The second-order valence-electron chi connectivity index (χ2n) is 6.07. The first-order chi connectivity index (χ1) is 13.6. The molecule has 3 N–H and O–H groups in total. The Hall–Kier alpha value is -2.79. The molecule has 11 heteroatoms. The van der Waals surface area contributed by atoms with Crippen molar-refractivity contribution in [3.05, 3.63) is 22.6 Å². The number of phenols is 1. The molecule has 0 bridgehead atoms. The van der Waals surface area contributed by atoms with Crippen molar-refractivity contribution in [2.75, 3.05) is 14.2 Å². The van der Waals surface area contributed by atoms with Crippen LogP contribution in [0.2, 0.25) is 0 Å². The third-order valence-corrected chi connectivity index (χ3v) is 5.45. The minimum absolute atomic E-state index is 0.168. The van der Waals surface area contributed by atoms with Crippen molar-refractivity contribution in [1.29, 1.82) is 0 Å². The quantitative estimate of drug-likeness (QED) is 0.428. The number of methoxy groups -OCH3 is 2. The van der Waals surface area contributed by atoms with Crippen LogP contribution in [-0.4, -0.2) is 63.5 Å². The van der Waals surface area contributed by atoms with Crippen LogP contribution in [0.3, 0.4) is 0 Å². The van der Waals surface area contributed by atoms with E-state index in [1.165, 1.54) is 46.3 Å². The van der Waals surface area contributed by atoms with E-state index in [9.17, 15) is 19.5 Å². The number of aromatic hydroxyl groups is 1. The highest BCUT2D eigenvalue weighted by molar-refractivity contribution is 8.26. The van der Waals surface area contributed by atoms with Gasteiger partial charge in [0.25, 0.3) is 5.91 Å². The first-order valence-corrected chi connectivity index (χ1v) is 9.58. The van der Waals surface area contributed by atoms with Gasteiger partial charge in [-0.05, 0) is 37.6 Å².